The normalized spacial score (nSPS) is 13.6. The minimum absolute atomic E-state index is 0. The number of benzene rings is 1. The predicted octanol–water partition coefficient (Wildman–Crippen LogP) is 2.31. The van der Waals surface area contributed by atoms with Gasteiger partial charge in [0.2, 0.25) is 0 Å². The number of hydrogen-bond acceptors (Lipinski definition) is 4. The molecule has 0 saturated heterocycles. The molecule has 0 bridgehead atoms. The fraction of sp³-hybridized carbons (Fsp3) is 0.357. The zero-order chi connectivity index (χ0) is 12.6. The second-order valence-corrected chi connectivity index (χ2v) is 4.11. The molecule has 1 heterocycles. The number of hydrogen-bond donors (Lipinski definition) is 2. The molecule has 0 aliphatic carbocycles. The maximum absolute atomic E-state index is 5.43. The molecule has 0 spiro atoms. The van der Waals surface area contributed by atoms with E-state index in [1.165, 1.54) is 5.56 Å². The van der Waals surface area contributed by atoms with Crippen LogP contribution in [-0.4, -0.2) is 25.7 Å². The highest BCUT2D eigenvalue weighted by molar-refractivity contribution is 14.0. The van der Waals surface area contributed by atoms with Crippen molar-refractivity contribution in [2.45, 2.75) is 13.0 Å². The molecule has 1 aliphatic heterocycles. The van der Waals surface area contributed by atoms with Crippen LogP contribution in [0, 0.1) is 0 Å². The summed E-state index contributed by atoms with van der Waals surface area (Å²) in [6.45, 7) is 6.84. The van der Waals surface area contributed by atoms with Crippen LogP contribution in [0.15, 0.2) is 41.9 Å². The van der Waals surface area contributed by atoms with Gasteiger partial charge in [0.1, 0.15) is 12.4 Å². The van der Waals surface area contributed by atoms with Crippen LogP contribution >= 0.6 is 24.0 Å². The molecule has 104 valence electrons. The lowest BCUT2D eigenvalue weighted by atomic mass is 10.2. The maximum atomic E-state index is 5.43. The summed E-state index contributed by atoms with van der Waals surface area (Å²) in [7, 11) is 0. The summed E-state index contributed by atoms with van der Waals surface area (Å²) in [6.07, 6.45) is 2.85. The van der Waals surface area contributed by atoms with Gasteiger partial charge < -0.3 is 15.4 Å². The molecule has 5 heteroatoms. The van der Waals surface area contributed by atoms with Gasteiger partial charge in [-0.2, -0.15) is 0 Å². The molecule has 4 nitrogen and oxygen atoms in total. The van der Waals surface area contributed by atoms with Gasteiger partial charge in [0, 0.05) is 19.6 Å². The van der Waals surface area contributed by atoms with E-state index in [9.17, 15) is 0 Å². The van der Waals surface area contributed by atoms with Crippen LogP contribution in [0.3, 0.4) is 0 Å². The molecular weight excluding hydrogens is 353 g/mol. The molecule has 0 atom stereocenters. The summed E-state index contributed by atoms with van der Waals surface area (Å²) in [5.41, 5.74) is 1.20. The Morgan fingerprint density at radius 3 is 2.79 bits per heavy atom. The molecule has 0 amide bonds. The minimum atomic E-state index is 0. The molecule has 0 saturated carbocycles. The number of aliphatic imine (C=N–C) groups is 1. The van der Waals surface area contributed by atoms with E-state index >= 15 is 0 Å². The Hall–Kier alpha value is -1.24. The van der Waals surface area contributed by atoms with Gasteiger partial charge in [0.05, 0.1) is 0 Å². The van der Waals surface area contributed by atoms with Gasteiger partial charge in [-0.3, -0.25) is 4.99 Å². The van der Waals surface area contributed by atoms with E-state index in [0.29, 0.717) is 6.61 Å². The van der Waals surface area contributed by atoms with Crippen LogP contribution in [0.4, 0.5) is 0 Å². The summed E-state index contributed by atoms with van der Waals surface area (Å²) in [5.74, 6) is 1.76. The van der Waals surface area contributed by atoms with Crippen molar-refractivity contribution in [2.75, 3.05) is 19.7 Å². The van der Waals surface area contributed by atoms with Crippen LogP contribution in [0.2, 0.25) is 0 Å². The zero-order valence-electron chi connectivity index (χ0n) is 10.9. The van der Waals surface area contributed by atoms with Crippen molar-refractivity contribution in [3.8, 4) is 5.75 Å². The monoisotopic (exact) mass is 373 g/mol. The van der Waals surface area contributed by atoms with Crippen molar-refractivity contribution in [3.05, 3.63) is 42.5 Å². The Bertz CT molecular complexity index is 417. The van der Waals surface area contributed by atoms with Crippen molar-refractivity contribution < 1.29 is 4.74 Å². The Balaban J connectivity index is 0.00000180. The van der Waals surface area contributed by atoms with Gasteiger partial charge >= 0.3 is 0 Å². The summed E-state index contributed by atoms with van der Waals surface area (Å²) in [6, 6.07) is 8.04. The van der Waals surface area contributed by atoms with Crippen LogP contribution in [-0.2, 0) is 6.54 Å². The average Bonchev–Trinajstić information content (AvgIpc) is 2.45. The molecule has 0 unspecified atom stereocenters. The minimum Gasteiger partial charge on any atom is -0.490 e. The third-order valence-electron chi connectivity index (χ3n) is 2.65. The third-order valence-corrected chi connectivity index (χ3v) is 2.65. The Morgan fingerprint density at radius 2 is 2.16 bits per heavy atom. The molecule has 2 rings (SSSR count). The second-order valence-electron chi connectivity index (χ2n) is 4.11. The lowest BCUT2D eigenvalue weighted by molar-refractivity contribution is 0.363. The molecule has 19 heavy (non-hydrogen) atoms. The van der Waals surface area contributed by atoms with Crippen molar-refractivity contribution >= 4 is 29.9 Å². The standard InChI is InChI=1S/C14H19N3O.HI/c1-2-10-18-13-6-4-12(5-7-13)11-17-14-15-8-3-9-16-14;/h2,4-7H,1,3,8-11H2,(H2,15,16,17);1H. The van der Waals surface area contributed by atoms with Crippen molar-refractivity contribution in [2.24, 2.45) is 4.99 Å². The lowest BCUT2D eigenvalue weighted by Gasteiger charge is -2.16. The molecule has 0 aromatic heterocycles. The first-order valence-corrected chi connectivity index (χ1v) is 6.23. The average molecular weight is 373 g/mol. The van der Waals surface area contributed by atoms with Crippen molar-refractivity contribution in [1.29, 1.82) is 0 Å². The molecule has 2 N–H and O–H groups in total. The van der Waals surface area contributed by atoms with Gasteiger partial charge in [-0.15, -0.1) is 24.0 Å². The van der Waals surface area contributed by atoms with E-state index < -0.39 is 0 Å². The number of rotatable bonds is 5. The van der Waals surface area contributed by atoms with Gasteiger partial charge in [-0.05, 0) is 24.1 Å². The summed E-state index contributed by atoms with van der Waals surface area (Å²) >= 11 is 0. The SMILES string of the molecule is C=CCOc1ccc(CNC2=NCCCN2)cc1.I. The predicted molar refractivity (Wildman–Crippen MR) is 89.3 cm³/mol. The first-order valence-electron chi connectivity index (χ1n) is 6.23. The highest BCUT2D eigenvalue weighted by Gasteiger charge is 2.02. The first kappa shape index (κ1) is 15.8. The quantitative estimate of drug-likeness (QED) is 0.615. The van der Waals surface area contributed by atoms with E-state index in [0.717, 1.165) is 37.8 Å². The second kappa shape index (κ2) is 8.79. The van der Waals surface area contributed by atoms with Crippen LogP contribution in [0.5, 0.6) is 5.75 Å². The number of nitrogens with one attached hydrogen (secondary N) is 2. The van der Waals surface area contributed by atoms with Gasteiger partial charge in [0.25, 0.3) is 0 Å². The highest BCUT2D eigenvalue weighted by atomic mass is 127. The number of guanidine groups is 1. The van der Waals surface area contributed by atoms with E-state index in [-0.39, 0.29) is 24.0 Å². The van der Waals surface area contributed by atoms with E-state index in [1.54, 1.807) is 6.08 Å². The maximum Gasteiger partial charge on any atom is 0.191 e. The highest BCUT2D eigenvalue weighted by Crippen LogP contribution is 2.11. The molecule has 1 aromatic carbocycles. The van der Waals surface area contributed by atoms with Gasteiger partial charge in [-0.1, -0.05) is 24.8 Å². The zero-order valence-corrected chi connectivity index (χ0v) is 13.2. The molecular formula is C14H20IN3O. The number of ether oxygens (including phenoxy) is 1. The Labute approximate surface area is 131 Å². The largest absolute Gasteiger partial charge is 0.490 e. The number of halogens is 1. The van der Waals surface area contributed by atoms with Gasteiger partial charge in [0.15, 0.2) is 5.96 Å². The fourth-order valence-electron chi connectivity index (χ4n) is 1.70. The summed E-state index contributed by atoms with van der Waals surface area (Å²) in [4.78, 5) is 4.36. The summed E-state index contributed by atoms with van der Waals surface area (Å²) < 4.78 is 5.43. The molecule has 1 aromatic rings. The molecule has 0 fully saturated rings. The Kier molecular flexibility index (Phi) is 7.32. The molecule has 1 aliphatic rings. The van der Waals surface area contributed by atoms with E-state index in [4.69, 9.17) is 4.74 Å². The fourth-order valence-corrected chi connectivity index (χ4v) is 1.70. The van der Waals surface area contributed by atoms with E-state index in [2.05, 4.69) is 34.3 Å². The first-order chi connectivity index (χ1) is 8.88. The van der Waals surface area contributed by atoms with Crippen LogP contribution < -0.4 is 15.4 Å². The van der Waals surface area contributed by atoms with Crippen molar-refractivity contribution in [3.63, 3.8) is 0 Å². The van der Waals surface area contributed by atoms with E-state index in [1.807, 2.05) is 12.1 Å². The van der Waals surface area contributed by atoms with Crippen LogP contribution in [0.1, 0.15) is 12.0 Å². The smallest absolute Gasteiger partial charge is 0.191 e. The van der Waals surface area contributed by atoms with Gasteiger partial charge in [-0.25, -0.2) is 0 Å². The summed E-state index contributed by atoms with van der Waals surface area (Å²) in [5, 5.41) is 6.51. The topological polar surface area (TPSA) is 45.6 Å². The van der Waals surface area contributed by atoms with Crippen LogP contribution in [0.25, 0.3) is 0 Å². The lowest BCUT2D eigenvalue weighted by Crippen LogP contribution is -2.40. The Morgan fingerprint density at radius 1 is 1.37 bits per heavy atom. The van der Waals surface area contributed by atoms with Crippen molar-refractivity contribution in [1.82, 2.24) is 10.6 Å². The third kappa shape index (κ3) is 5.50. The molecule has 0 radical (unpaired) electrons. The number of nitrogens with zero attached hydrogens (tertiary/aromatic N) is 1.